The number of amides is 1. The minimum Gasteiger partial charge on any atom is -0.495 e. The van der Waals surface area contributed by atoms with Crippen molar-refractivity contribution in [2.75, 3.05) is 24.9 Å². The van der Waals surface area contributed by atoms with E-state index in [-0.39, 0.29) is 11.6 Å². The van der Waals surface area contributed by atoms with Crippen molar-refractivity contribution in [1.82, 2.24) is 9.97 Å². The predicted octanol–water partition coefficient (Wildman–Crippen LogP) is 3.27. The Bertz CT molecular complexity index is 1010. The molecule has 142 valence electrons. The molecule has 0 unspecified atom stereocenters. The molecule has 8 heteroatoms. The fourth-order valence-corrected chi connectivity index (χ4v) is 2.45. The van der Waals surface area contributed by atoms with Crippen LogP contribution in [0.5, 0.6) is 5.75 Å². The molecule has 0 radical (unpaired) electrons. The molecule has 0 aliphatic heterocycles. The number of hydrogen-bond donors (Lipinski definition) is 2. The number of anilines is 3. The molecule has 28 heavy (non-hydrogen) atoms. The van der Waals surface area contributed by atoms with Crippen molar-refractivity contribution in [3.05, 3.63) is 72.1 Å². The lowest BCUT2D eigenvalue weighted by atomic mass is 10.2. The maximum absolute atomic E-state index is 12.5. The average Bonchev–Trinajstić information content (AvgIpc) is 2.74. The minimum absolute atomic E-state index is 0.163. The van der Waals surface area contributed by atoms with Crippen molar-refractivity contribution in [2.24, 2.45) is 0 Å². The molecule has 0 fully saturated rings. The van der Waals surface area contributed by atoms with Gasteiger partial charge in [-0.1, -0.05) is 18.2 Å². The first-order chi connectivity index (χ1) is 13.6. The van der Waals surface area contributed by atoms with E-state index in [1.807, 2.05) is 18.2 Å². The van der Waals surface area contributed by atoms with Crippen LogP contribution in [-0.2, 0) is 4.74 Å². The van der Waals surface area contributed by atoms with Gasteiger partial charge >= 0.3 is 5.97 Å². The molecule has 0 bridgehead atoms. The third-order valence-corrected chi connectivity index (χ3v) is 3.78. The van der Waals surface area contributed by atoms with Gasteiger partial charge < -0.3 is 20.1 Å². The fraction of sp³-hybridized carbons (Fsp3) is 0.100. The number of nitrogens with one attached hydrogen (secondary N) is 2. The van der Waals surface area contributed by atoms with Crippen LogP contribution in [0.4, 0.5) is 17.3 Å². The Labute approximate surface area is 161 Å². The highest BCUT2D eigenvalue weighted by Gasteiger charge is 2.12. The van der Waals surface area contributed by atoms with E-state index in [2.05, 4.69) is 25.3 Å². The molecule has 3 aromatic rings. The highest BCUT2D eigenvalue weighted by Crippen LogP contribution is 2.25. The number of carbonyl (C=O) groups is 2. The second kappa shape index (κ2) is 8.63. The Morgan fingerprint density at radius 1 is 1.00 bits per heavy atom. The maximum Gasteiger partial charge on any atom is 0.337 e. The first kappa shape index (κ1) is 18.8. The van der Waals surface area contributed by atoms with Crippen LogP contribution in [0, 0.1) is 0 Å². The van der Waals surface area contributed by atoms with Crippen LogP contribution in [0.15, 0.2) is 60.8 Å². The quantitative estimate of drug-likeness (QED) is 0.635. The van der Waals surface area contributed by atoms with Crippen molar-refractivity contribution >= 4 is 29.2 Å². The monoisotopic (exact) mass is 378 g/mol. The van der Waals surface area contributed by atoms with E-state index < -0.39 is 11.9 Å². The van der Waals surface area contributed by atoms with Crippen molar-refractivity contribution in [3.63, 3.8) is 0 Å². The fourth-order valence-electron chi connectivity index (χ4n) is 2.45. The van der Waals surface area contributed by atoms with E-state index in [9.17, 15) is 9.59 Å². The van der Waals surface area contributed by atoms with E-state index in [0.717, 1.165) is 0 Å². The van der Waals surface area contributed by atoms with Crippen molar-refractivity contribution in [1.29, 1.82) is 0 Å². The standard InChI is InChI=1S/C20H18N4O4/c1-27-17-9-4-3-8-15(17)23-20-21-11-10-16(24-20)18(25)22-14-7-5-6-13(12-14)19(26)28-2/h3-12H,1-2H3,(H,22,25)(H,21,23,24). The van der Waals surface area contributed by atoms with E-state index in [1.54, 1.807) is 31.4 Å². The normalized spacial score (nSPS) is 10.1. The lowest BCUT2D eigenvalue weighted by molar-refractivity contribution is 0.0600. The van der Waals surface area contributed by atoms with E-state index in [4.69, 9.17) is 4.74 Å². The first-order valence-electron chi connectivity index (χ1n) is 8.33. The molecule has 1 amide bonds. The van der Waals surface area contributed by atoms with Gasteiger partial charge in [0.1, 0.15) is 11.4 Å². The maximum atomic E-state index is 12.5. The lowest BCUT2D eigenvalue weighted by Crippen LogP contribution is -2.15. The van der Waals surface area contributed by atoms with Gasteiger partial charge in [0, 0.05) is 11.9 Å². The van der Waals surface area contributed by atoms with Crippen molar-refractivity contribution in [3.8, 4) is 5.75 Å². The van der Waals surface area contributed by atoms with Gasteiger partial charge in [0.2, 0.25) is 5.95 Å². The van der Waals surface area contributed by atoms with Crippen LogP contribution in [0.3, 0.4) is 0 Å². The van der Waals surface area contributed by atoms with Gasteiger partial charge in [0.15, 0.2) is 0 Å². The zero-order valence-corrected chi connectivity index (χ0v) is 15.3. The van der Waals surface area contributed by atoms with Crippen LogP contribution < -0.4 is 15.4 Å². The Morgan fingerprint density at radius 3 is 2.61 bits per heavy atom. The highest BCUT2D eigenvalue weighted by molar-refractivity contribution is 6.03. The summed E-state index contributed by atoms with van der Waals surface area (Å²) in [6.07, 6.45) is 1.48. The van der Waals surface area contributed by atoms with Gasteiger partial charge in [-0.25, -0.2) is 14.8 Å². The smallest absolute Gasteiger partial charge is 0.337 e. The van der Waals surface area contributed by atoms with E-state index >= 15 is 0 Å². The molecule has 0 saturated heterocycles. The average molecular weight is 378 g/mol. The molecule has 0 saturated carbocycles. The lowest BCUT2D eigenvalue weighted by Gasteiger charge is -2.10. The summed E-state index contributed by atoms with van der Waals surface area (Å²) in [5.74, 6) is -0.0463. The van der Waals surface area contributed by atoms with Crippen LogP contribution >= 0.6 is 0 Å². The number of esters is 1. The molecule has 2 aromatic carbocycles. The molecular formula is C20H18N4O4. The molecule has 0 aliphatic carbocycles. The van der Waals surface area contributed by atoms with Gasteiger partial charge in [0.25, 0.3) is 5.91 Å². The van der Waals surface area contributed by atoms with Gasteiger partial charge in [0.05, 0.1) is 25.5 Å². The molecule has 1 heterocycles. The molecular weight excluding hydrogens is 360 g/mol. The number of benzene rings is 2. The Morgan fingerprint density at radius 2 is 1.82 bits per heavy atom. The van der Waals surface area contributed by atoms with Gasteiger partial charge in [-0.05, 0) is 36.4 Å². The third kappa shape index (κ3) is 4.42. The Hall–Kier alpha value is -3.94. The van der Waals surface area contributed by atoms with Crippen LogP contribution in [-0.4, -0.2) is 36.1 Å². The van der Waals surface area contributed by atoms with Gasteiger partial charge in [-0.3, -0.25) is 4.79 Å². The molecule has 8 nitrogen and oxygen atoms in total. The van der Waals surface area contributed by atoms with Crippen LogP contribution in [0.1, 0.15) is 20.8 Å². The second-order valence-corrected chi connectivity index (χ2v) is 5.62. The van der Waals surface area contributed by atoms with Gasteiger partial charge in [-0.2, -0.15) is 0 Å². The molecule has 0 atom stereocenters. The highest BCUT2D eigenvalue weighted by atomic mass is 16.5. The largest absolute Gasteiger partial charge is 0.495 e. The number of ether oxygens (including phenoxy) is 2. The second-order valence-electron chi connectivity index (χ2n) is 5.62. The first-order valence-corrected chi connectivity index (χ1v) is 8.33. The van der Waals surface area contributed by atoms with Crippen LogP contribution in [0.25, 0.3) is 0 Å². The minimum atomic E-state index is -0.485. The summed E-state index contributed by atoms with van der Waals surface area (Å²) in [6.45, 7) is 0. The Kier molecular flexibility index (Phi) is 5.81. The number of carbonyl (C=O) groups excluding carboxylic acids is 2. The van der Waals surface area contributed by atoms with Crippen LogP contribution in [0.2, 0.25) is 0 Å². The third-order valence-electron chi connectivity index (χ3n) is 3.78. The summed E-state index contributed by atoms with van der Waals surface area (Å²) >= 11 is 0. The summed E-state index contributed by atoms with van der Waals surface area (Å²) < 4.78 is 9.96. The number of methoxy groups -OCH3 is 2. The number of hydrogen-bond acceptors (Lipinski definition) is 7. The number of para-hydroxylation sites is 2. The SMILES string of the molecule is COC(=O)c1cccc(NC(=O)c2ccnc(Nc3ccccc3OC)n2)c1. The van der Waals surface area contributed by atoms with E-state index in [0.29, 0.717) is 22.7 Å². The van der Waals surface area contributed by atoms with Crippen molar-refractivity contribution in [2.45, 2.75) is 0 Å². The summed E-state index contributed by atoms with van der Waals surface area (Å²) in [6, 6.07) is 15.2. The molecule has 2 N–H and O–H groups in total. The summed E-state index contributed by atoms with van der Waals surface area (Å²) in [5, 5.41) is 5.73. The number of nitrogens with zero attached hydrogens (tertiary/aromatic N) is 2. The van der Waals surface area contributed by atoms with Gasteiger partial charge in [-0.15, -0.1) is 0 Å². The molecule has 0 aliphatic rings. The zero-order chi connectivity index (χ0) is 19.9. The van der Waals surface area contributed by atoms with Crippen molar-refractivity contribution < 1.29 is 19.1 Å². The summed E-state index contributed by atoms with van der Waals surface area (Å²) in [5.41, 5.74) is 1.62. The summed E-state index contributed by atoms with van der Waals surface area (Å²) in [7, 11) is 2.86. The Balaban J connectivity index is 1.76. The molecule has 3 rings (SSSR count). The zero-order valence-electron chi connectivity index (χ0n) is 15.3. The molecule has 0 spiro atoms. The topological polar surface area (TPSA) is 102 Å². The predicted molar refractivity (Wildman–Crippen MR) is 104 cm³/mol. The molecule has 1 aromatic heterocycles. The van der Waals surface area contributed by atoms with E-state index in [1.165, 1.54) is 25.4 Å². The number of aromatic nitrogens is 2. The number of rotatable bonds is 6. The summed E-state index contributed by atoms with van der Waals surface area (Å²) in [4.78, 5) is 32.5.